The van der Waals surface area contributed by atoms with Crippen LogP contribution in [0.15, 0.2) is 279 Å². The zero-order valence-electron chi connectivity index (χ0n) is 41.3. The highest BCUT2D eigenvalue weighted by Crippen LogP contribution is 2.41. The van der Waals surface area contributed by atoms with Crippen LogP contribution in [0.4, 0.5) is 0 Å². The van der Waals surface area contributed by atoms with E-state index < -0.39 is 0 Å². The smallest absolute Gasteiger partial charge is 0.0542 e. The van der Waals surface area contributed by atoms with Crippen molar-refractivity contribution in [3.63, 3.8) is 0 Å². The van der Waals surface area contributed by atoms with Crippen molar-refractivity contribution in [3.8, 4) is 56.1 Å². The Labute approximate surface area is 438 Å². The van der Waals surface area contributed by atoms with Crippen LogP contribution in [0.1, 0.15) is 0 Å². The van der Waals surface area contributed by atoms with Crippen molar-refractivity contribution in [1.82, 2.24) is 18.3 Å². The van der Waals surface area contributed by atoms with E-state index in [-0.39, 0.29) is 0 Å². The minimum atomic E-state index is 1.13. The molecule has 16 aromatic rings. The third-order valence-corrected chi connectivity index (χ3v) is 15.9. The highest BCUT2D eigenvalue weighted by Gasteiger charge is 2.19. The van der Waals surface area contributed by atoms with Gasteiger partial charge in [0.1, 0.15) is 0 Å². The Bertz CT molecular complexity index is 4590. The van der Waals surface area contributed by atoms with Crippen molar-refractivity contribution < 1.29 is 0 Å². The lowest BCUT2D eigenvalue weighted by Crippen LogP contribution is -1.96. The first-order chi connectivity index (χ1) is 37.7. The monoisotopic (exact) mass is 966 g/mol. The first-order valence-corrected chi connectivity index (χ1v) is 26.2. The van der Waals surface area contributed by atoms with Crippen molar-refractivity contribution in [2.45, 2.75) is 0 Å². The minimum Gasteiger partial charge on any atom is -0.309 e. The number of para-hydroxylation sites is 6. The van der Waals surface area contributed by atoms with Crippen LogP contribution in [0.25, 0.3) is 143 Å². The van der Waals surface area contributed by atoms with E-state index in [0.29, 0.717) is 0 Å². The average molecular weight is 967 g/mol. The molecule has 0 atom stereocenters. The molecule has 0 aliphatic carbocycles. The molecular formula is C72H46N4. The summed E-state index contributed by atoms with van der Waals surface area (Å²) in [6.07, 6.45) is 0. The van der Waals surface area contributed by atoms with Crippen molar-refractivity contribution in [2.75, 3.05) is 0 Å². The quantitative estimate of drug-likeness (QED) is 0.152. The summed E-state index contributed by atoms with van der Waals surface area (Å²) in [4.78, 5) is 0. The van der Waals surface area contributed by atoms with Gasteiger partial charge in [0.2, 0.25) is 0 Å². The number of fused-ring (bicyclic) bond motifs is 12. The molecule has 0 aliphatic rings. The van der Waals surface area contributed by atoms with Crippen LogP contribution in [0.3, 0.4) is 0 Å². The maximum absolute atomic E-state index is 2.43. The average Bonchev–Trinajstić information content (AvgIpc) is 4.34. The maximum Gasteiger partial charge on any atom is 0.0542 e. The predicted octanol–water partition coefficient (Wildman–Crippen LogP) is 19.1. The Balaban J connectivity index is 0.745. The fourth-order valence-electron chi connectivity index (χ4n) is 12.6. The molecule has 0 radical (unpaired) electrons. The van der Waals surface area contributed by atoms with Crippen LogP contribution in [-0.4, -0.2) is 18.3 Å². The molecule has 0 fully saturated rings. The summed E-state index contributed by atoms with van der Waals surface area (Å²) in [6.45, 7) is 0. The van der Waals surface area contributed by atoms with Gasteiger partial charge in [-0.2, -0.15) is 0 Å². The van der Waals surface area contributed by atoms with Gasteiger partial charge in [0, 0.05) is 65.8 Å². The molecule has 76 heavy (non-hydrogen) atoms. The molecule has 354 valence electrons. The SMILES string of the molecule is c1cc(-c2cccc(-c3cccc(-n4c5ccccc5c5cc(-n6c7ccccc7c7ccccc76)ccc54)c3)c2)cc(-c2cccc(-n3c4ccccc4c4cc(-n5c6ccccc6c6ccccc65)ccc43)c2)c1. The Morgan fingerprint density at radius 2 is 0.368 bits per heavy atom. The van der Waals surface area contributed by atoms with E-state index in [0.717, 1.165) is 22.7 Å². The molecule has 16 rings (SSSR count). The molecule has 4 aromatic heterocycles. The van der Waals surface area contributed by atoms with Gasteiger partial charge in [0.25, 0.3) is 0 Å². The normalized spacial score (nSPS) is 11.9. The lowest BCUT2D eigenvalue weighted by molar-refractivity contribution is 1.17. The van der Waals surface area contributed by atoms with E-state index in [1.54, 1.807) is 0 Å². The predicted molar refractivity (Wildman–Crippen MR) is 320 cm³/mol. The first-order valence-electron chi connectivity index (χ1n) is 26.2. The molecule has 0 unspecified atom stereocenters. The standard InChI is InChI=1S/C72H46N4/c1-7-31-65-57(25-1)58-26-2-8-32-66(58)75(65)55-37-39-71-63(45-55)61-29-5-11-35-69(61)73(71)53-23-15-21-51(43-53)49-19-13-17-47(41-49)48-18-14-20-50(42-48)52-22-16-24-54(44-52)74-70-36-12-6-30-62(70)64-46-56(38-40-72(64)74)76-67-33-9-3-27-59(67)60-28-4-10-34-68(60)76/h1-46H. The van der Waals surface area contributed by atoms with Crippen LogP contribution in [-0.2, 0) is 0 Å². The number of nitrogens with zero attached hydrogens (tertiary/aromatic N) is 4. The second kappa shape index (κ2) is 16.7. The van der Waals surface area contributed by atoms with Gasteiger partial charge in [-0.15, -0.1) is 0 Å². The Morgan fingerprint density at radius 3 is 0.671 bits per heavy atom. The molecule has 12 aromatic carbocycles. The van der Waals surface area contributed by atoms with Gasteiger partial charge in [0.05, 0.1) is 44.1 Å². The summed E-state index contributed by atoms with van der Waals surface area (Å²) in [5.41, 5.74) is 21.2. The van der Waals surface area contributed by atoms with E-state index in [2.05, 4.69) is 297 Å². The van der Waals surface area contributed by atoms with E-state index in [4.69, 9.17) is 0 Å². The molecule has 4 heterocycles. The van der Waals surface area contributed by atoms with Crippen LogP contribution < -0.4 is 0 Å². The van der Waals surface area contributed by atoms with Gasteiger partial charge in [-0.05, 0) is 143 Å². The van der Waals surface area contributed by atoms with Crippen molar-refractivity contribution in [1.29, 1.82) is 0 Å². The van der Waals surface area contributed by atoms with Gasteiger partial charge in [-0.25, -0.2) is 0 Å². The second-order valence-electron chi connectivity index (χ2n) is 20.1. The Morgan fingerprint density at radius 1 is 0.145 bits per heavy atom. The summed E-state index contributed by atoms with van der Waals surface area (Å²) >= 11 is 0. The van der Waals surface area contributed by atoms with E-state index in [1.165, 1.54) is 121 Å². The molecule has 0 spiro atoms. The molecule has 0 N–H and O–H groups in total. The largest absolute Gasteiger partial charge is 0.309 e. The minimum absolute atomic E-state index is 1.13. The van der Waals surface area contributed by atoms with Crippen LogP contribution in [0, 0.1) is 0 Å². The number of hydrogen-bond donors (Lipinski definition) is 0. The van der Waals surface area contributed by atoms with Crippen LogP contribution >= 0.6 is 0 Å². The van der Waals surface area contributed by atoms with E-state index in [9.17, 15) is 0 Å². The summed E-state index contributed by atoms with van der Waals surface area (Å²) in [5.74, 6) is 0. The van der Waals surface area contributed by atoms with Crippen LogP contribution in [0.5, 0.6) is 0 Å². The Kier molecular flexibility index (Phi) is 9.30. The fraction of sp³-hybridized carbons (Fsp3) is 0. The number of hydrogen-bond acceptors (Lipinski definition) is 0. The second-order valence-corrected chi connectivity index (χ2v) is 20.1. The molecule has 0 aliphatic heterocycles. The van der Waals surface area contributed by atoms with E-state index >= 15 is 0 Å². The third kappa shape index (κ3) is 6.44. The lowest BCUT2D eigenvalue weighted by Gasteiger charge is -2.13. The molecule has 4 heteroatoms. The van der Waals surface area contributed by atoms with Crippen molar-refractivity contribution >= 4 is 87.2 Å². The summed E-state index contributed by atoms with van der Waals surface area (Å²) in [7, 11) is 0. The van der Waals surface area contributed by atoms with Crippen LogP contribution in [0.2, 0.25) is 0 Å². The molecule has 0 saturated carbocycles. The molecule has 0 saturated heterocycles. The number of rotatable bonds is 7. The number of aromatic nitrogens is 4. The molecule has 0 amide bonds. The summed E-state index contributed by atoms with van der Waals surface area (Å²) in [5, 5.41) is 9.99. The molecule has 0 bridgehead atoms. The first kappa shape index (κ1) is 42.4. The topological polar surface area (TPSA) is 19.7 Å². The van der Waals surface area contributed by atoms with Gasteiger partial charge in [0.15, 0.2) is 0 Å². The van der Waals surface area contributed by atoms with Crippen molar-refractivity contribution in [3.05, 3.63) is 279 Å². The summed E-state index contributed by atoms with van der Waals surface area (Å²) in [6, 6.07) is 102. The fourth-order valence-corrected chi connectivity index (χ4v) is 12.6. The summed E-state index contributed by atoms with van der Waals surface area (Å²) < 4.78 is 9.67. The highest BCUT2D eigenvalue weighted by atomic mass is 15.0. The molecule has 4 nitrogen and oxygen atoms in total. The zero-order valence-corrected chi connectivity index (χ0v) is 41.3. The van der Waals surface area contributed by atoms with Gasteiger partial charge < -0.3 is 18.3 Å². The lowest BCUT2D eigenvalue weighted by atomic mass is 9.96. The van der Waals surface area contributed by atoms with Crippen molar-refractivity contribution in [2.24, 2.45) is 0 Å². The maximum atomic E-state index is 2.43. The molecular weight excluding hydrogens is 921 g/mol. The number of benzene rings is 12. The zero-order chi connectivity index (χ0) is 49.8. The van der Waals surface area contributed by atoms with E-state index in [1.807, 2.05) is 0 Å². The third-order valence-electron chi connectivity index (χ3n) is 15.9. The van der Waals surface area contributed by atoms with Gasteiger partial charge >= 0.3 is 0 Å². The van der Waals surface area contributed by atoms with Gasteiger partial charge in [-0.1, -0.05) is 170 Å². The Hall–Kier alpha value is -10.2. The highest BCUT2D eigenvalue weighted by molar-refractivity contribution is 6.14. The van der Waals surface area contributed by atoms with Gasteiger partial charge in [-0.3, -0.25) is 0 Å².